The molecule has 24 heavy (non-hydrogen) atoms. The van der Waals surface area contributed by atoms with Gasteiger partial charge in [0, 0.05) is 12.8 Å². The Bertz CT molecular complexity index is 369. The summed E-state index contributed by atoms with van der Waals surface area (Å²) in [5.41, 5.74) is 0. The van der Waals surface area contributed by atoms with Crippen LogP contribution >= 0.6 is 0 Å². The number of hydrogen-bond acceptors (Lipinski definition) is 4. The van der Waals surface area contributed by atoms with Gasteiger partial charge in [-0.1, -0.05) is 52.0 Å². The first-order chi connectivity index (χ1) is 11.6. The highest BCUT2D eigenvalue weighted by Crippen LogP contribution is 2.11. The minimum absolute atomic E-state index is 0.221. The molecular formula is C20H30O4. The fraction of sp³-hybridized carbons (Fsp3) is 0.500. The summed E-state index contributed by atoms with van der Waals surface area (Å²) in [5, 5.41) is 0. The van der Waals surface area contributed by atoms with Gasteiger partial charge >= 0.3 is 11.9 Å². The van der Waals surface area contributed by atoms with Gasteiger partial charge < -0.3 is 9.47 Å². The van der Waals surface area contributed by atoms with Crippen LogP contribution in [-0.4, -0.2) is 24.1 Å². The zero-order valence-electron chi connectivity index (χ0n) is 14.6. The molecule has 0 rings (SSSR count). The number of ether oxygens (including phenoxy) is 2. The molecule has 0 spiro atoms. The highest BCUT2D eigenvalue weighted by molar-refractivity contribution is 5.70. The third-order valence-electron chi connectivity index (χ3n) is 3.48. The summed E-state index contributed by atoms with van der Waals surface area (Å²) >= 11 is 0. The maximum atomic E-state index is 11.5. The molecule has 0 amide bonds. The molecule has 134 valence electrons. The Hall–Kier alpha value is -2.10. The van der Waals surface area contributed by atoms with E-state index in [2.05, 4.69) is 26.3 Å². The van der Waals surface area contributed by atoms with E-state index in [1.807, 2.05) is 0 Å². The second-order valence-electron chi connectivity index (χ2n) is 5.47. The standard InChI is InChI=1S/C20H30O4/c1-5-17(6-2)23-19(21)15-13-11-9-10-12-14-16-20(22)24-18(7-3)8-4/h5-8,17-18H,1-4,9-16H2. The van der Waals surface area contributed by atoms with Gasteiger partial charge in [0.2, 0.25) is 0 Å². The van der Waals surface area contributed by atoms with E-state index in [4.69, 9.17) is 9.47 Å². The molecule has 0 aliphatic heterocycles. The normalized spacial score (nSPS) is 10.2. The first kappa shape index (κ1) is 21.9. The molecule has 0 aromatic rings. The quantitative estimate of drug-likeness (QED) is 0.248. The van der Waals surface area contributed by atoms with Gasteiger partial charge in [0.15, 0.2) is 0 Å². The number of carbonyl (C=O) groups excluding carboxylic acids is 2. The van der Waals surface area contributed by atoms with E-state index in [0.29, 0.717) is 12.8 Å². The highest BCUT2D eigenvalue weighted by atomic mass is 16.5. The Kier molecular flexibility index (Phi) is 13.2. The van der Waals surface area contributed by atoms with E-state index >= 15 is 0 Å². The summed E-state index contributed by atoms with van der Waals surface area (Å²) in [6.45, 7) is 14.3. The number of hydrogen-bond donors (Lipinski definition) is 0. The summed E-state index contributed by atoms with van der Waals surface area (Å²) < 4.78 is 10.3. The van der Waals surface area contributed by atoms with Crippen molar-refractivity contribution in [2.75, 3.05) is 0 Å². The Labute approximate surface area is 145 Å². The number of carbonyl (C=O) groups is 2. The predicted molar refractivity (Wildman–Crippen MR) is 97.5 cm³/mol. The van der Waals surface area contributed by atoms with Gasteiger partial charge in [0.25, 0.3) is 0 Å². The first-order valence-electron chi connectivity index (χ1n) is 8.46. The molecule has 0 heterocycles. The maximum Gasteiger partial charge on any atom is 0.306 e. The van der Waals surface area contributed by atoms with Crippen molar-refractivity contribution in [1.29, 1.82) is 0 Å². The average molecular weight is 334 g/mol. The van der Waals surface area contributed by atoms with Crippen molar-refractivity contribution in [2.45, 2.75) is 63.6 Å². The molecule has 0 bridgehead atoms. The van der Waals surface area contributed by atoms with Crippen LogP contribution in [0.15, 0.2) is 50.6 Å². The smallest absolute Gasteiger partial charge is 0.306 e. The van der Waals surface area contributed by atoms with Crippen LogP contribution in [0.2, 0.25) is 0 Å². The minimum atomic E-state index is -0.404. The van der Waals surface area contributed by atoms with E-state index in [1.165, 1.54) is 0 Å². The molecule has 0 atom stereocenters. The van der Waals surface area contributed by atoms with Crippen molar-refractivity contribution in [2.24, 2.45) is 0 Å². The van der Waals surface area contributed by atoms with Gasteiger partial charge in [-0.05, 0) is 37.1 Å². The van der Waals surface area contributed by atoms with Crippen LogP contribution in [0.25, 0.3) is 0 Å². The van der Waals surface area contributed by atoms with Crippen LogP contribution in [0.1, 0.15) is 51.4 Å². The number of rotatable bonds is 15. The highest BCUT2D eigenvalue weighted by Gasteiger charge is 2.08. The minimum Gasteiger partial charge on any atom is -0.454 e. The Morgan fingerprint density at radius 3 is 1.21 bits per heavy atom. The van der Waals surface area contributed by atoms with Crippen LogP contribution in [0.5, 0.6) is 0 Å². The molecule has 0 fully saturated rings. The lowest BCUT2D eigenvalue weighted by Gasteiger charge is -2.09. The van der Waals surface area contributed by atoms with Gasteiger partial charge in [-0.15, -0.1) is 0 Å². The van der Waals surface area contributed by atoms with E-state index in [1.54, 1.807) is 24.3 Å². The van der Waals surface area contributed by atoms with E-state index in [-0.39, 0.29) is 11.9 Å². The fourth-order valence-corrected chi connectivity index (χ4v) is 2.05. The van der Waals surface area contributed by atoms with E-state index in [9.17, 15) is 9.59 Å². The van der Waals surface area contributed by atoms with Crippen LogP contribution in [-0.2, 0) is 19.1 Å². The number of esters is 2. The lowest BCUT2D eigenvalue weighted by Crippen LogP contribution is -2.13. The van der Waals surface area contributed by atoms with E-state index in [0.717, 1.165) is 38.5 Å². The van der Waals surface area contributed by atoms with Crippen molar-refractivity contribution in [3.05, 3.63) is 50.6 Å². The van der Waals surface area contributed by atoms with Gasteiger partial charge in [0.05, 0.1) is 0 Å². The van der Waals surface area contributed by atoms with Gasteiger partial charge in [0.1, 0.15) is 12.2 Å². The maximum absolute atomic E-state index is 11.5. The molecule has 0 aromatic heterocycles. The zero-order valence-corrected chi connectivity index (χ0v) is 14.6. The molecule has 0 aliphatic rings. The predicted octanol–water partition coefficient (Wildman–Crippen LogP) is 4.67. The van der Waals surface area contributed by atoms with Crippen molar-refractivity contribution in [3.63, 3.8) is 0 Å². The Morgan fingerprint density at radius 1 is 0.625 bits per heavy atom. The molecule has 0 N–H and O–H groups in total. The van der Waals surface area contributed by atoms with Crippen molar-refractivity contribution >= 4 is 11.9 Å². The van der Waals surface area contributed by atoms with Gasteiger partial charge in [-0.2, -0.15) is 0 Å². The molecule has 0 saturated heterocycles. The zero-order chi connectivity index (χ0) is 18.2. The van der Waals surface area contributed by atoms with Gasteiger partial charge in [-0.25, -0.2) is 0 Å². The molecule has 4 nitrogen and oxygen atoms in total. The summed E-state index contributed by atoms with van der Waals surface area (Å²) in [7, 11) is 0. The molecule has 0 radical (unpaired) electrons. The monoisotopic (exact) mass is 334 g/mol. The van der Waals surface area contributed by atoms with Crippen molar-refractivity contribution in [3.8, 4) is 0 Å². The summed E-state index contributed by atoms with van der Waals surface area (Å²) in [5.74, 6) is -0.442. The van der Waals surface area contributed by atoms with Gasteiger partial charge in [-0.3, -0.25) is 9.59 Å². The lowest BCUT2D eigenvalue weighted by molar-refractivity contribution is -0.146. The fourth-order valence-electron chi connectivity index (χ4n) is 2.05. The first-order valence-corrected chi connectivity index (χ1v) is 8.46. The molecule has 0 aliphatic carbocycles. The molecular weight excluding hydrogens is 304 g/mol. The second-order valence-corrected chi connectivity index (χ2v) is 5.47. The average Bonchev–Trinajstić information content (AvgIpc) is 2.59. The van der Waals surface area contributed by atoms with Crippen LogP contribution in [0.4, 0.5) is 0 Å². The van der Waals surface area contributed by atoms with Crippen molar-refractivity contribution < 1.29 is 19.1 Å². The third-order valence-corrected chi connectivity index (χ3v) is 3.48. The molecule has 0 unspecified atom stereocenters. The van der Waals surface area contributed by atoms with Crippen molar-refractivity contribution in [1.82, 2.24) is 0 Å². The Balaban J connectivity index is 3.54. The third kappa shape index (κ3) is 11.5. The summed E-state index contributed by atoms with van der Waals surface area (Å²) in [4.78, 5) is 23.1. The molecule has 4 heteroatoms. The molecule has 0 aromatic carbocycles. The van der Waals surface area contributed by atoms with Crippen LogP contribution in [0.3, 0.4) is 0 Å². The topological polar surface area (TPSA) is 52.6 Å². The summed E-state index contributed by atoms with van der Waals surface area (Å²) in [6, 6.07) is 0. The Morgan fingerprint density at radius 2 is 0.917 bits per heavy atom. The van der Waals surface area contributed by atoms with Crippen LogP contribution < -0.4 is 0 Å². The largest absolute Gasteiger partial charge is 0.454 e. The number of unbranched alkanes of at least 4 members (excludes halogenated alkanes) is 5. The second kappa shape index (κ2) is 14.5. The van der Waals surface area contributed by atoms with E-state index < -0.39 is 12.2 Å². The van der Waals surface area contributed by atoms with Crippen LogP contribution in [0, 0.1) is 0 Å². The SMILES string of the molecule is C=CC(C=C)OC(=O)CCCCCCCCC(=O)OC(C=C)C=C. The molecule has 0 saturated carbocycles. The summed E-state index contributed by atoms with van der Waals surface area (Å²) in [6.07, 6.45) is 11.8. The lowest BCUT2D eigenvalue weighted by atomic mass is 10.1.